The van der Waals surface area contributed by atoms with Gasteiger partial charge in [0.25, 0.3) is 0 Å². The molecule has 0 aliphatic carbocycles. The number of hydrogen-bond acceptors (Lipinski definition) is 6. The maximum absolute atomic E-state index is 11.8. The number of para-hydroxylation sites is 2. The fourth-order valence-corrected chi connectivity index (χ4v) is 3.96. The van der Waals surface area contributed by atoms with Crippen molar-refractivity contribution in [3.63, 3.8) is 0 Å². The summed E-state index contributed by atoms with van der Waals surface area (Å²) >= 11 is 0. The minimum atomic E-state index is -1.26. The molecule has 10 nitrogen and oxygen atoms in total. The van der Waals surface area contributed by atoms with Gasteiger partial charge in [-0.1, -0.05) is 12.1 Å². The van der Waals surface area contributed by atoms with Crippen LogP contribution in [0.25, 0.3) is 0 Å². The molecule has 2 amide bonds. The van der Waals surface area contributed by atoms with Crippen LogP contribution in [0.5, 0.6) is 11.5 Å². The van der Waals surface area contributed by atoms with E-state index in [0.717, 1.165) is 63.5 Å². The Morgan fingerprint density at radius 3 is 2.31 bits per heavy atom. The van der Waals surface area contributed by atoms with Crippen molar-refractivity contribution in [2.45, 2.75) is 31.4 Å². The number of carbonyl (C=O) groups excluding carboxylic acids is 1. The van der Waals surface area contributed by atoms with Crippen LogP contribution in [0.4, 0.5) is 4.79 Å². The average Bonchev–Trinajstić information content (AvgIpc) is 3.23. The van der Waals surface area contributed by atoms with Gasteiger partial charge in [0.05, 0.1) is 0 Å². The van der Waals surface area contributed by atoms with E-state index in [9.17, 15) is 14.4 Å². The summed E-state index contributed by atoms with van der Waals surface area (Å²) in [6, 6.07) is 8.38. The molecule has 1 aromatic rings. The number of likely N-dealkylation sites (tertiary alicyclic amines) is 1. The van der Waals surface area contributed by atoms with Gasteiger partial charge in [-0.05, 0) is 25.0 Å². The van der Waals surface area contributed by atoms with Gasteiger partial charge in [0.15, 0.2) is 11.5 Å². The normalized spacial score (nSPS) is 21.1. The van der Waals surface area contributed by atoms with Crippen LogP contribution in [0.2, 0.25) is 0 Å². The summed E-state index contributed by atoms with van der Waals surface area (Å²) in [6.07, 6.45) is 4.35. The van der Waals surface area contributed by atoms with Crippen molar-refractivity contribution in [2.75, 3.05) is 39.3 Å². The molecule has 3 aliphatic rings. The molecule has 1 unspecified atom stereocenters. The lowest BCUT2D eigenvalue weighted by Gasteiger charge is -2.36. The first-order valence-electron chi connectivity index (χ1n) is 10.7. The predicted molar refractivity (Wildman–Crippen MR) is 115 cm³/mol. The molecule has 0 bridgehead atoms. The summed E-state index contributed by atoms with van der Waals surface area (Å²) < 4.78 is 11.8. The SMILES string of the molecule is O=C(O)/C=C/C(=O)O.O=C1NCCN1C1CCN(CCC2COc3ccccc3O2)CC1. The zero-order valence-corrected chi connectivity index (χ0v) is 17.8. The molecule has 3 N–H and O–H groups in total. The molecular formula is C22H29N3O7. The third-order valence-corrected chi connectivity index (χ3v) is 5.59. The standard InChI is InChI=1S/C18H25N3O3.C4H4O4/c22-18-19-8-12-21(18)14-5-9-20(10-6-14)11-7-15-13-23-16-3-1-2-4-17(16)24-15;5-3(6)1-2-4(7)8/h1-4,14-15H,5-13H2,(H,19,22);1-2H,(H,5,6)(H,7,8)/b;2-1+. The van der Waals surface area contributed by atoms with Crippen LogP contribution in [0.15, 0.2) is 36.4 Å². The molecule has 2 fully saturated rings. The molecule has 1 aromatic carbocycles. The quantitative estimate of drug-likeness (QED) is 0.559. The van der Waals surface area contributed by atoms with Crippen LogP contribution >= 0.6 is 0 Å². The highest BCUT2D eigenvalue weighted by Crippen LogP contribution is 2.31. The number of carboxylic acid groups (broad SMARTS) is 2. The fourth-order valence-electron chi connectivity index (χ4n) is 3.96. The number of hydrogen-bond donors (Lipinski definition) is 3. The van der Waals surface area contributed by atoms with Crippen molar-refractivity contribution in [3.05, 3.63) is 36.4 Å². The van der Waals surface area contributed by atoms with Crippen molar-refractivity contribution in [2.24, 2.45) is 0 Å². The lowest BCUT2D eigenvalue weighted by molar-refractivity contribution is -0.134. The van der Waals surface area contributed by atoms with Crippen molar-refractivity contribution in [3.8, 4) is 11.5 Å². The highest BCUT2D eigenvalue weighted by molar-refractivity contribution is 5.89. The molecule has 32 heavy (non-hydrogen) atoms. The molecule has 3 aliphatic heterocycles. The van der Waals surface area contributed by atoms with Crippen molar-refractivity contribution in [1.82, 2.24) is 15.1 Å². The second-order valence-corrected chi connectivity index (χ2v) is 7.79. The number of urea groups is 1. The number of fused-ring (bicyclic) bond motifs is 1. The molecule has 0 saturated carbocycles. The van der Waals surface area contributed by atoms with Gasteiger partial charge in [0, 0.05) is 57.3 Å². The van der Waals surface area contributed by atoms with Gasteiger partial charge in [0.1, 0.15) is 12.7 Å². The van der Waals surface area contributed by atoms with Gasteiger partial charge in [-0.3, -0.25) is 0 Å². The molecule has 174 valence electrons. The molecule has 0 spiro atoms. The van der Waals surface area contributed by atoms with E-state index in [-0.39, 0.29) is 12.1 Å². The highest BCUT2D eigenvalue weighted by Gasteiger charge is 2.31. The second-order valence-electron chi connectivity index (χ2n) is 7.79. The van der Waals surface area contributed by atoms with E-state index in [1.165, 1.54) is 0 Å². The van der Waals surface area contributed by atoms with Crippen LogP contribution in [0.3, 0.4) is 0 Å². The lowest BCUT2D eigenvalue weighted by Crippen LogP contribution is -2.46. The Bertz CT molecular complexity index is 821. The van der Waals surface area contributed by atoms with Crippen LogP contribution in [-0.4, -0.2) is 89.5 Å². The highest BCUT2D eigenvalue weighted by atomic mass is 16.6. The number of rotatable bonds is 6. The van der Waals surface area contributed by atoms with Crippen molar-refractivity contribution in [1.29, 1.82) is 0 Å². The summed E-state index contributed by atoms with van der Waals surface area (Å²) in [5.74, 6) is -0.814. The largest absolute Gasteiger partial charge is 0.486 e. The van der Waals surface area contributed by atoms with E-state index in [4.69, 9.17) is 19.7 Å². The van der Waals surface area contributed by atoms with Crippen molar-refractivity contribution < 1.29 is 34.1 Å². The number of amides is 2. The Hall–Kier alpha value is -3.27. The topological polar surface area (TPSA) is 129 Å². The zero-order chi connectivity index (χ0) is 22.9. The molecule has 4 rings (SSSR count). The Balaban J connectivity index is 0.000000312. The fraction of sp³-hybridized carbons (Fsp3) is 0.500. The first-order chi connectivity index (χ1) is 15.4. The maximum Gasteiger partial charge on any atom is 0.328 e. The van der Waals surface area contributed by atoms with E-state index in [2.05, 4.69) is 10.2 Å². The Labute approximate surface area is 186 Å². The first kappa shape index (κ1) is 23.4. The number of nitrogens with one attached hydrogen (secondary N) is 1. The van der Waals surface area contributed by atoms with Crippen LogP contribution in [-0.2, 0) is 9.59 Å². The monoisotopic (exact) mass is 447 g/mol. The van der Waals surface area contributed by atoms with Crippen molar-refractivity contribution >= 4 is 18.0 Å². The summed E-state index contributed by atoms with van der Waals surface area (Å²) in [7, 11) is 0. The molecule has 3 heterocycles. The van der Waals surface area contributed by atoms with Gasteiger partial charge in [-0.2, -0.15) is 0 Å². The van der Waals surface area contributed by atoms with E-state index in [1.807, 2.05) is 29.2 Å². The van der Waals surface area contributed by atoms with Gasteiger partial charge in [-0.25, -0.2) is 14.4 Å². The van der Waals surface area contributed by atoms with Crippen LogP contribution in [0, 0.1) is 0 Å². The second kappa shape index (κ2) is 11.4. The number of carboxylic acids is 2. The molecule has 1 atom stereocenters. The van der Waals surface area contributed by atoms with Gasteiger partial charge in [-0.15, -0.1) is 0 Å². The summed E-state index contributed by atoms with van der Waals surface area (Å²) in [5, 5.41) is 18.5. The van der Waals surface area contributed by atoms with Crippen LogP contribution < -0.4 is 14.8 Å². The number of nitrogens with zero attached hydrogens (tertiary/aromatic N) is 2. The predicted octanol–water partition coefficient (Wildman–Crippen LogP) is 1.42. The minimum Gasteiger partial charge on any atom is -0.486 e. The average molecular weight is 447 g/mol. The number of ether oxygens (including phenoxy) is 2. The number of carbonyl (C=O) groups is 3. The Morgan fingerprint density at radius 1 is 1.06 bits per heavy atom. The van der Waals surface area contributed by atoms with Gasteiger partial charge < -0.3 is 34.8 Å². The first-order valence-corrected chi connectivity index (χ1v) is 10.7. The lowest BCUT2D eigenvalue weighted by atomic mass is 10.0. The molecule has 0 radical (unpaired) electrons. The maximum atomic E-state index is 11.8. The minimum absolute atomic E-state index is 0.111. The number of benzene rings is 1. The van der Waals surface area contributed by atoms with E-state index >= 15 is 0 Å². The number of aliphatic carboxylic acids is 2. The van der Waals surface area contributed by atoms with E-state index in [1.54, 1.807) is 0 Å². The Morgan fingerprint density at radius 2 is 1.72 bits per heavy atom. The molecule has 0 aromatic heterocycles. The third-order valence-electron chi connectivity index (χ3n) is 5.59. The van der Waals surface area contributed by atoms with E-state index < -0.39 is 11.9 Å². The summed E-state index contributed by atoms with van der Waals surface area (Å²) in [5.41, 5.74) is 0. The smallest absolute Gasteiger partial charge is 0.328 e. The Kier molecular flexibility index (Phi) is 8.32. The molecular weight excluding hydrogens is 418 g/mol. The van der Waals surface area contributed by atoms with Crippen LogP contribution in [0.1, 0.15) is 19.3 Å². The molecule has 2 saturated heterocycles. The van der Waals surface area contributed by atoms with E-state index in [0.29, 0.717) is 24.8 Å². The molecule has 10 heteroatoms. The van der Waals surface area contributed by atoms with Gasteiger partial charge in [0.2, 0.25) is 0 Å². The summed E-state index contributed by atoms with van der Waals surface area (Å²) in [4.78, 5) is 35.4. The summed E-state index contributed by atoms with van der Waals surface area (Å²) in [6.45, 7) is 5.41. The third kappa shape index (κ3) is 6.88. The zero-order valence-electron chi connectivity index (χ0n) is 17.8. The van der Waals surface area contributed by atoms with Gasteiger partial charge >= 0.3 is 18.0 Å². The number of piperidine rings is 1.